The van der Waals surface area contributed by atoms with Gasteiger partial charge in [0.2, 0.25) is 0 Å². The summed E-state index contributed by atoms with van der Waals surface area (Å²) in [7, 11) is 1.36. The minimum Gasteiger partial charge on any atom is -0.465 e. The SMILES string of the molecule is COC(=O)c1ccc(COC2(C)CCN(C(=O)OC(C)(C)C)C2)cc1. The molecule has 2 rings (SSSR count). The third-order valence-corrected chi connectivity index (χ3v) is 4.05. The smallest absolute Gasteiger partial charge is 0.410 e. The van der Waals surface area contributed by atoms with E-state index in [1.54, 1.807) is 17.0 Å². The molecule has 6 nitrogen and oxygen atoms in total. The summed E-state index contributed by atoms with van der Waals surface area (Å²) in [6.45, 7) is 9.10. The van der Waals surface area contributed by atoms with Crippen LogP contribution in [0.15, 0.2) is 24.3 Å². The van der Waals surface area contributed by atoms with Gasteiger partial charge in [-0.25, -0.2) is 9.59 Å². The summed E-state index contributed by atoms with van der Waals surface area (Å²) < 4.78 is 16.1. The highest BCUT2D eigenvalue weighted by Crippen LogP contribution is 2.27. The van der Waals surface area contributed by atoms with Crippen molar-refractivity contribution in [1.82, 2.24) is 4.90 Å². The summed E-state index contributed by atoms with van der Waals surface area (Å²) in [5.41, 5.74) is 0.565. The number of amides is 1. The van der Waals surface area contributed by atoms with E-state index in [0.29, 0.717) is 25.3 Å². The van der Waals surface area contributed by atoms with Crippen molar-refractivity contribution in [1.29, 1.82) is 0 Å². The van der Waals surface area contributed by atoms with Gasteiger partial charge in [0, 0.05) is 6.54 Å². The minimum atomic E-state index is -0.502. The Kier molecular flexibility index (Phi) is 5.72. The molecule has 1 aliphatic heterocycles. The number of benzene rings is 1. The highest BCUT2D eigenvalue weighted by Gasteiger charge is 2.38. The maximum Gasteiger partial charge on any atom is 0.410 e. The third kappa shape index (κ3) is 5.46. The molecule has 0 bridgehead atoms. The van der Waals surface area contributed by atoms with Crippen LogP contribution in [-0.2, 0) is 20.8 Å². The average Bonchev–Trinajstić information content (AvgIpc) is 2.94. The van der Waals surface area contributed by atoms with Gasteiger partial charge in [0.1, 0.15) is 5.60 Å². The lowest BCUT2D eigenvalue weighted by Gasteiger charge is -2.27. The van der Waals surface area contributed by atoms with Crippen LogP contribution in [0.3, 0.4) is 0 Å². The van der Waals surface area contributed by atoms with Crippen LogP contribution in [0.5, 0.6) is 0 Å². The van der Waals surface area contributed by atoms with Gasteiger partial charge in [-0.1, -0.05) is 12.1 Å². The van der Waals surface area contributed by atoms with E-state index in [4.69, 9.17) is 9.47 Å². The summed E-state index contributed by atoms with van der Waals surface area (Å²) in [6.07, 6.45) is 0.453. The Morgan fingerprint density at radius 2 is 1.84 bits per heavy atom. The van der Waals surface area contributed by atoms with E-state index in [2.05, 4.69) is 4.74 Å². The molecule has 0 radical (unpaired) electrons. The molecule has 0 aliphatic carbocycles. The predicted molar refractivity (Wildman–Crippen MR) is 93.4 cm³/mol. The molecule has 1 saturated heterocycles. The van der Waals surface area contributed by atoms with E-state index in [9.17, 15) is 9.59 Å². The largest absolute Gasteiger partial charge is 0.465 e. The van der Waals surface area contributed by atoms with E-state index in [1.807, 2.05) is 39.8 Å². The van der Waals surface area contributed by atoms with E-state index in [0.717, 1.165) is 12.0 Å². The van der Waals surface area contributed by atoms with Gasteiger partial charge in [0.25, 0.3) is 0 Å². The molecule has 1 unspecified atom stereocenters. The van der Waals surface area contributed by atoms with Gasteiger partial charge in [-0.15, -0.1) is 0 Å². The lowest BCUT2D eigenvalue weighted by atomic mass is 10.1. The Morgan fingerprint density at radius 3 is 2.40 bits per heavy atom. The van der Waals surface area contributed by atoms with E-state index in [-0.39, 0.29) is 12.1 Å². The zero-order valence-corrected chi connectivity index (χ0v) is 15.6. The molecule has 1 aliphatic rings. The average molecular weight is 349 g/mol. The quantitative estimate of drug-likeness (QED) is 0.780. The van der Waals surface area contributed by atoms with E-state index >= 15 is 0 Å². The highest BCUT2D eigenvalue weighted by atomic mass is 16.6. The van der Waals surface area contributed by atoms with Gasteiger partial charge in [-0.2, -0.15) is 0 Å². The first-order valence-electron chi connectivity index (χ1n) is 8.41. The number of esters is 1. The maximum absolute atomic E-state index is 12.2. The van der Waals surface area contributed by atoms with Crippen LogP contribution in [0.25, 0.3) is 0 Å². The monoisotopic (exact) mass is 349 g/mol. The first kappa shape index (κ1) is 19.2. The van der Waals surface area contributed by atoms with Gasteiger partial charge in [0.05, 0.1) is 31.4 Å². The Labute approximate surface area is 149 Å². The molecule has 1 aromatic carbocycles. The van der Waals surface area contributed by atoms with Crippen LogP contribution in [0.4, 0.5) is 4.79 Å². The van der Waals surface area contributed by atoms with Crippen LogP contribution < -0.4 is 0 Å². The molecular weight excluding hydrogens is 322 g/mol. The second-order valence-corrected chi connectivity index (χ2v) is 7.58. The molecule has 0 aromatic heterocycles. The van der Waals surface area contributed by atoms with Crippen molar-refractivity contribution >= 4 is 12.1 Å². The Bertz CT molecular complexity index is 620. The summed E-state index contributed by atoms with van der Waals surface area (Å²) in [6, 6.07) is 7.12. The van der Waals surface area contributed by atoms with E-state index in [1.165, 1.54) is 7.11 Å². The first-order valence-corrected chi connectivity index (χ1v) is 8.41. The zero-order chi connectivity index (χ0) is 18.7. The number of hydrogen-bond acceptors (Lipinski definition) is 5. The molecule has 25 heavy (non-hydrogen) atoms. The number of rotatable bonds is 4. The number of nitrogens with zero attached hydrogens (tertiary/aromatic N) is 1. The van der Waals surface area contributed by atoms with Gasteiger partial charge in [-0.05, 0) is 51.8 Å². The third-order valence-electron chi connectivity index (χ3n) is 4.05. The van der Waals surface area contributed by atoms with Crippen molar-refractivity contribution in [2.45, 2.75) is 51.9 Å². The highest BCUT2D eigenvalue weighted by molar-refractivity contribution is 5.89. The number of methoxy groups -OCH3 is 1. The number of ether oxygens (including phenoxy) is 3. The Morgan fingerprint density at radius 1 is 1.20 bits per heavy atom. The lowest BCUT2D eigenvalue weighted by molar-refractivity contribution is -0.0374. The van der Waals surface area contributed by atoms with Gasteiger partial charge >= 0.3 is 12.1 Å². The Balaban J connectivity index is 1.88. The molecule has 1 heterocycles. The van der Waals surface area contributed by atoms with Crippen LogP contribution in [0.2, 0.25) is 0 Å². The van der Waals surface area contributed by atoms with Crippen molar-refractivity contribution in [3.8, 4) is 0 Å². The Hall–Kier alpha value is -2.08. The minimum absolute atomic E-state index is 0.303. The first-order chi connectivity index (χ1) is 11.6. The summed E-state index contributed by atoms with van der Waals surface area (Å²) in [4.78, 5) is 25.3. The van der Waals surface area contributed by atoms with Crippen LogP contribution in [-0.4, -0.2) is 48.4 Å². The number of likely N-dealkylation sites (tertiary alicyclic amines) is 1. The van der Waals surface area contributed by atoms with Crippen molar-refractivity contribution in [3.05, 3.63) is 35.4 Å². The normalized spacial score (nSPS) is 20.4. The molecule has 0 spiro atoms. The van der Waals surface area contributed by atoms with Crippen LogP contribution in [0.1, 0.15) is 50.0 Å². The second kappa shape index (κ2) is 7.44. The second-order valence-electron chi connectivity index (χ2n) is 7.58. The van der Waals surface area contributed by atoms with Gasteiger partial charge < -0.3 is 19.1 Å². The molecule has 1 atom stereocenters. The summed E-state index contributed by atoms with van der Waals surface area (Å²) in [5.74, 6) is -0.358. The molecule has 1 amide bonds. The predicted octanol–water partition coefficient (Wildman–Crippen LogP) is 3.39. The molecule has 138 valence electrons. The summed E-state index contributed by atoms with van der Waals surface area (Å²) in [5, 5.41) is 0. The fourth-order valence-electron chi connectivity index (χ4n) is 2.65. The zero-order valence-electron chi connectivity index (χ0n) is 15.6. The standard InChI is InChI=1S/C19H27NO5/c1-18(2,3)25-17(22)20-11-10-19(4,13-20)24-12-14-6-8-15(9-7-14)16(21)23-5/h6-9H,10-13H2,1-5H3. The van der Waals surface area contributed by atoms with E-state index < -0.39 is 11.2 Å². The molecule has 6 heteroatoms. The topological polar surface area (TPSA) is 65.1 Å². The number of carbonyl (C=O) groups is 2. The fourth-order valence-corrected chi connectivity index (χ4v) is 2.65. The molecule has 0 saturated carbocycles. The summed E-state index contributed by atoms with van der Waals surface area (Å²) >= 11 is 0. The van der Waals surface area contributed by atoms with Crippen molar-refractivity contribution < 1.29 is 23.8 Å². The lowest BCUT2D eigenvalue weighted by Crippen LogP contribution is -2.39. The van der Waals surface area contributed by atoms with Gasteiger partial charge in [0.15, 0.2) is 0 Å². The van der Waals surface area contributed by atoms with Crippen molar-refractivity contribution in [2.75, 3.05) is 20.2 Å². The maximum atomic E-state index is 12.2. The fraction of sp³-hybridized carbons (Fsp3) is 0.579. The van der Waals surface area contributed by atoms with Crippen molar-refractivity contribution in [3.63, 3.8) is 0 Å². The molecular formula is C19H27NO5. The molecule has 1 fully saturated rings. The molecule has 0 N–H and O–H groups in total. The molecule has 1 aromatic rings. The number of carbonyl (C=O) groups excluding carboxylic acids is 2. The van der Waals surface area contributed by atoms with Crippen LogP contribution >= 0.6 is 0 Å². The number of hydrogen-bond donors (Lipinski definition) is 0. The van der Waals surface area contributed by atoms with Crippen molar-refractivity contribution in [2.24, 2.45) is 0 Å². The van der Waals surface area contributed by atoms with Gasteiger partial charge in [-0.3, -0.25) is 0 Å². The van der Waals surface area contributed by atoms with Crippen LogP contribution in [0, 0.1) is 0 Å².